The first kappa shape index (κ1) is 23.2. The third kappa shape index (κ3) is 5.81. The van der Waals surface area contributed by atoms with Crippen LogP contribution >= 0.6 is 0 Å². The van der Waals surface area contributed by atoms with E-state index >= 15 is 0 Å². The van der Waals surface area contributed by atoms with E-state index in [1.165, 1.54) is 0 Å². The van der Waals surface area contributed by atoms with Gasteiger partial charge in [0.1, 0.15) is 27.9 Å². The van der Waals surface area contributed by atoms with E-state index in [0.29, 0.717) is 25.7 Å². The Morgan fingerprint density at radius 3 is 2.70 bits per heavy atom. The van der Waals surface area contributed by atoms with Crippen LogP contribution in [0.4, 0.5) is 11.6 Å². The average molecular weight is 441 g/mol. The molecule has 1 aromatic rings. The Labute approximate surface area is 180 Å². The largest absolute Gasteiger partial charge is 0.390 e. The molecule has 2 aliphatic heterocycles. The molecule has 2 N–H and O–H groups in total. The molecule has 3 heterocycles. The van der Waals surface area contributed by atoms with Crippen molar-refractivity contribution in [2.24, 2.45) is 16.2 Å². The van der Waals surface area contributed by atoms with Crippen molar-refractivity contribution in [3.8, 4) is 0 Å². The zero-order valence-corrected chi connectivity index (χ0v) is 19.4. The highest BCUT2D eigenvalue weighted by molar-refractivity contribution is 7.90. The summed E-state index contributed by atoms with van der Waals surface area (Å²) in [6.07, 6.45) is 5.82. The third-order valence-electron chi connectivity index (χ3n) is 6.19. The number of hydrogen-bond donors (Lipinski definition) is 2. The number of aliphatic hydroxyl groups is 1. The van der Waals surface area contributed by atoms with Crippen molar-refractivity contribution in [2.75, 3.05) is 70.0 Å². The number of nitrogens with one attached hydrogen (secondary N) is 1. The van der Waals surface area contributed by atoms with Crippen molar-refractivity contribution < 1.29 is 14.1 Å². The van der Waals surface area contributed by atoms with Crippen LogP contribution in [0, 0.1) is 18.8 Å². The molecular formula is C20H36N6O3S. The molecule has 0 aliphatic carbocycles. The predicted molar refractivity (Wildman–Crippen MR) is 120 cm³/mol. The molecule has 0 radical (unpaired) electrons. The monoisotopic (exact) mass is 440 g/mol. The number of piperidine rings is 1. The lowest BCUT2D eigenvalue weighted by molar-refractivity contribution is 0.117. The molecule has 10 heteroatoms. The molecule has 0 saturated carbocycles. The summed E-state index contributed by atoms with van der Waals surface area (Å²) in [5.41, 5.74) is 1.05. The van der Waals surface area contributed by atoms with Gasteiger partial charge in [0.25, 0.3) is 0 Å². The molecule has 30 heavy (non-hydrogen) atoms. The van der Waals surface area contributed by atoms with Gasteiger partial charge in [-0.05, 0) is 32.1 Å². The van der Waals surface area contributed by atoms with Gasteiger partial charge in [0.2, 0.25) is 0 Å². The summed E-state index contributed by atoms with van der Waals surface area (Å²) in [5.74, 6) is 2.47. The SMILES string of the molecule is Cc1c(NCC[C@@H]2COC[C@H]2O)ncnc1N1CCC(CN=S(C)(=O)N(C)C)CC1. The van der Waals surface area contributed by atoms with Gasteiger partial charge >= 0.3 is 0 Å². The second-order valence-electron chi connectivity index (χ2n) is 8.57. The summed E-state index contributed by atoms with van der Waals surface area (Å²) in [6, 6.07) is 0. The van der Waals surface area contributed by atoms with E-state index in [9.17, 15) is 9.32 Å². The Morgan fingerprint density at radius 2 is 2.07 bits per heavy atom. The molecule has 0 bridgehead atoms. The van der Waals surface area contributed by atoms with E-state index in [1.807, 2.05) is 14.1 Å². The second kappa shape index (κ2) is 10.2. The van der Waals surface area contributed by atoms with Gasteiger partial charge in [0.05, 0.1) is 25.9 Å². The topological polar surface area (TPSA) is 103 Å². The lowest BCUT2D eigenvalue weighted by Gasteiger charge is -2.33. The number of aromatic nitrogens is 2. The van der Waals surface area contributed by atoms with Gasteiger partial charge in [-0.25, -0.2) is 22.8 Å². The molecule has 170 valence electrons. The molecule has 2 fully saturated rings. The number of rotatable bonds is 8. The minimum absolute atomic E-state index is 0.189. The van der Waals surface area contributed by atoms with Crippen LogP contribution in [0.15, 0.2) is 10.7 Å². The lowest BCUT2D eigenvalue weighted by Crippen LogP contribution is -2.36. The van der Waals surface area contributed by atoms with E-state index in [1.54, 1.807) is 16.9 Å². The highest BCUT2D eigenvalue weighted by Crippen LogP contribution is 2.27. The minimum Gasteiger partial charge on any atom is -0.390 e. The second-order valence-corrected chi connectivity index (χ2v) is 11.1. The van der Waals surface area contributed by atoms with Gasteiger partial charge in [0.15, 0.2) is 0 Å². The van der Waals surface area contributed by atoms with Crippen LogP contribution in [-0.4, -0.2) is 89.4 Å². The molecule has 9 nitrogen and oxygen atoms in total. The lowest BCUT2D eigenvalue weighted by atomic mass is 9.97. The van der Waals surface area contributed by atoms with Crippen LogP contribution in [0.5, 0.6) is 0 Å². The zero-order chi connectivity index (χ0) is 21.7. The molecular weight excluding hydrogens is 404 g/mol. The maximum absolute atomic E-state index is 12.4. The summed E-state index contributed by atoms with van der Waals surface area (Å²) in [7, 11) is 1.36. The molecule has 1 aromatic heterocycles. The maximum Gasteiger partial charge on any atom is 0.137 e. The molecule has 3 rings (SSSR count). The van der Waals surface area contributed by atoms with E-state index in [2.05, 4.69) is 31.5 Å². The molecule has 2 saturated heterocycles. The maximum atomic E-state index is 12.4. The minimum atomic E-state index is -2.25. The van der Waals surface area contributed by atoms with Gasteiger partial charge in [0, 0.05) is 51.5 Å². The van der Waals surface area contributed by atoms with Crippen molar-refractivity contribution in [1.29, 1.82) is 0 Å². The third-order valence-corrected chi connectivity index (χ3v) is 8.18. The quantitative estimate of drug-likeness (QED) is 0.629. The Morgan fingerprint density at radius 1 is 1.33 bits per heavy atom. The highest BCUT2D eigenvalue weighted by Gasteiger charge is 2.26. The van der Waals surface area contributed by atoms with Crippen LogP contribution in [-0.2, 0) is 14.7 Å². The fraction of sp³-hybridized carbons (Fsp3) is 0.800. The van der Waals surface area contributed by atoms with Gasteiger partial charge in [-0.2, -0.15) is 0 Å². The molecule has 3 atom stereocenters. The van der Waals surface area contributed by atoms with Gasteiger partial charge in [-0.3, -0.25) is 0 Å². The number of anilines is 2. The van der Waals surface area contributed by atoms with Crippen LogP contribution in [0.2, 0.25) is 0 Å². The zero-order valence-electron chi connectivity index (χ0n) is 18.6. The predicted octanol–water partition coefficient (Wildman–Crippen LogP) is 1.39. The average Bonchev–Trinajstić information content (AvgIpc) is 3.13. The van der Waals surface area contributed by atoms with Crippen molar-refractivity contribution in [3.05, 3.63) is 11.9 Å². The van der Waals surface area contributed by atoms with E-state index in [0.717, 1.165) is 56.1 Å². The number of hydrogen-bond acceptors (Lipinski definition) is 8. The Balaban J connectivity index is 1.53. The first-order chi connectivity index (χ1) is 14.3. The van der Waals surface area contributed by atoms with Crippen molar-refractivity contribution in [3.63, 3.8) is 0 Å². The van der Waals surface area contributed by atoms with Crippen LogP contribution < -0.4 is 10.2 Å². The van der Waals surface area contributed by atoms with Crippen LogP contribution in [0.1, 0.15) is 24.8 Å². The summed E-state index contributed by atoms with van der Waals surface area (Å²) < 4.78 is 23.9. The molecule has 0 spiro atoms. The summed E-state index contributed by atoms with van der Waals surface area (Å²) in [6.45, 7) is 6.33. The van der Waals surface area contributed by atoms with Crippen molar-refractivity contribution in [2.45, 2.75) is 32.3 Å². The fourth-order valence-electron chi connectivity index (χ4n) is 3.86. The van der Waals surface area contributed by atoms with E-state index in [-0.39, 0.29) is 12.0 Å². The Bertz CT molecular complexity index is 819. The molecule has 0 amide bonds. The first-order valence-corrected chi connectivity index (χ1v) is 12.6. The summed E-state index contributed by atoms with van der Waals surface area (Å²) in [4.78, 5) is 11.3. The number of aliphatic hydroxyl groups excluding tert-OH is 1. The normalized spacial score (nSPS) is 24.8. The standard InChI is InChI=1S/C20H36N6O3S/c1-15-19(21-8-5-17-12-29-13-18(17)27)22-14-23-20(15)26-9-6-16(7-10-26)11-24-30(4,28)25(2)3/h14,16-18,27H,5-13H2,1-4H3,(H,21,22,23)/t17-,18-,30?/m1/s1. The van der Waals surface area contributed by atoms with Gasteiger partial charge in [-0.1, -0.05) is 0 Å². The van der Waals surface area contributed by atoms with Gasteiger partial charge in [-0.15, -0.1) is 0 Å². The number of nitrogens with zero attached hydrogens (tertiary/aromatic N) is 5. The number of ether oxygens (including phenoxy) is 1. The Kier molecular flexibility index (Phi) is 7.89. The Hall–Kier alpha value is -1.49. The summed E-state index contributed by atoms with van der Waals surface area (Å²) in [5, 5.41) is 13.3. The summed E-state index contributed by atoms with van der Waals surface area (Å²) >= 11 is 0. The highest BCUT2D eigenvalue weighted by atomic mass is 32.2. The van der Waals surface area contributed by atoms with E-state index < -0.39 is 9.92 Å². The first-order valence-electron chi connectivity index (χ1n) is 10.7. The van der Waals surface area contributed by atoms with E-state index in [4.69, 9.17) is 4.74 Å². The molecule has 2 aliphatic rings. The van der Waals surface area contributed by atoms with Crippen LogP contribution in [0.3, 0.4) is 0 Å². The van der Waals surface area contributed by atoms with Gasteiger partial charge < -0.3 is 20.1 Å². The fourth-order valence-corrected chi connectivity index (χ4v) is 4.58. The molecule has 1 unspecified atom stereocenters. The van der Waals surface area contributed by atoms with Crippen molar-refractivity contribution >= 4 is 21.6 Å². The van der Waals surface area contributed by atoms with Crippen molar-refractivity contribution in [1.82, 2.24) is 14.3 Å². The molecule has 0 aromatic carbocycles. The van der Waals surface area contributed by atoms with Crippen LogP contribution in [0.25, 0.3) is 0 Å². The smallest absolute Gasteiger partial charge is 0.137 e.